The molecule has 0 saturated carbocycles. The SMILES string of the molecule is OCC=Cc1ccc(CO)cc1F. The minimum Gasteiger partial charge on any atom is -0.392 e. The maximum atomic E-state index is 13.1. The van der Waals surface area contributed by atoms with Crippen LogP contribution >= 0.6 is 0 Å². The molecule has 0 aromatic heterocycles. The smallest absolute Gasteiger partial charge is 0.130 e. The minimum absolute atomic E-state index is 0.110. The van der Waals surface area contributed by atoms with Crippen molar-refractivity contribution >= 4 is 6.08 Å². The van der Waals surface area contributed by atoms with Crippen LogP contribution < -0.4 is 0 Å². The lowest BCUT2D eigenvalue weighted by molar-refractivity contribution is 0.281. The number of halogens is 1. The van der Waals surface area contributed by atoms with Crippen molar-refractivity contribution in [1.29, 1.82) is 0 Å². The fourth-order valence-corrected chi connectivity index (χ4v) is 0.984. The fourth-order valence-electron chi connectivity index (χ4n) is 0.984. The summed E-state index contributed by atoms with van der Waals surface area (Å²) in [4.78, 5) is 0. The van der Waals surface area contributed by atoms with E-state index in [-0.39, 0.29) is 13.2 Å². The van der Waals surface area contributed by atoms with Crippen LogP contribution in [-0.4, -0.2) is 16.8 Å². The molecule has 3 heteroatoms. The van der Waals surface area contributed by atoms with E-state index in [2.05, 4.69) is 0 Å². The molecule has 2 nitrogen and oxygen atoms in total. The zero-order valence-electron chi connectivity index (χ0n) is 7.07. The number of rotatable bonds is 3. The molecule has 0 amide bonds. The van der Waals surface area contributed by atoms with Crippen molar-refractivity contribution in [3.63, 3.8) is 0 Å². The first kappa shape index (κ1) is 9.89. The van der Waals surface area contributed by atoms with Gasteiger partial charge in [-0.05, 0) is 11.6 Å². The summed E-state index contributed by atoms with van der Waals surface area (Å²) < 4.78 is 13.1. The predicted octanol–water partition coefficient (Wildman–Crippen LogP) is 1.32. The fraction of sp³-hybridized carbons (Fsp3) is 0.200. The Hall–Kier alpha value is -1.19. The van der Waals surface area contributed by atoms with Crippen molar-refractivity contribution in [2.24, 2.45) is 0 Å². The molecule has 0 aliphatic carbocycles. The quantitative estimate of drug-likeness (QED) is 0.740. The monoisotopic (exact) mass is 182 g/mol. The summed E-state index contributed by atoms with van der Waals surface area (Å²) in [5, 5.41) is 17.2. The zero-order valence-corrected chi connectivity index (χ0v) is 7.07. The first-order valence-corrected chi connectivity index (χ1v) is 3.94. The second-order valence-electron chi connectivity index (χ2n) is 2.60. The minimum atomic E-state index is -0.392. The van der Waals surface area contributed by atoms with Crippen LogP contribution in [0.15, 0.2) is 24.3 Å². The third kappa shape index (κ3) is 2.65. The Labute approximate surface area is 76.0 Å². The molecular formula is C10H11FO2. The molecule has 0 saturated heterocycles. The van der Waals surface area contributed by atoms with Gasteiger partial charge in [0.2, 0.25) is 0 Å². The van der Waals surface area contributed by atoms with E-state index in [4.69, 9.17) is 10.2 Å². The lowest BCUT2D eigenvalue weighted by atomic mass is 10.1. The summed E-state index contributed by atoms with van der Waals surface area (Å²) in [7, 11) is 0. The normalized spacial score (nSPS) is 11.0. The first-order chi connectivity index (χ1) is 6.27. The van der Waals surface area contributed by atoms with Crippen LogP contribution in [0.1, 0.15) is 11.1 Å². The topological polar surface area (TPSA) is 40.5 Å². The highest BCUT2D eigenvalue weighted by atomic mass is 19.1. The highest BCUT2D eigenvalue weighted by molar-refractivity contribution is 5.50. The van der Waals surface area contributed by atoms with Crippen LogP contribution in [0.25, 0.3) is 6.08 Å². The van der Waals surface area contributed by atoms with E-state index in [0.29, 0.717) is 11.1 Å². The summed E-state index contributed by atoms with van der Waals surface area (Å²) in [5.41, 5.74) is 0.949. The van der Waals surface area contributed by atoms with E-state index >= 15 is 0 Å². The predicted molar refractivity (Wildman–Crippen MR) is 48.4 cm³/mol. The second-order valence-corrected chi connectivity index (χ2v) is 2.60. The van der Waals surface area contributed by atoms with Crippen molar-refractivity contribution in [3.05, 3.63) is 41.2 Å². The largest absolute Gasteiger partial charge is 0.392 e. The molecule has 70 valence electrons. The van der Waals surface area contributed by atoms with Gasteiger partial charge < -0.3 is 10.2 Å². The molecule has 0 unspecified atom stereocenters. The van der Waals surface area contributed by atoms with Crippen LogP contribution in [0.4, 0.5) is 4.39 Å². The molecular weight excluding hydrogens is 171 g/mol. The Morgan fingerprint density at radius 2 is 2.08 bits per heavy atom. The third-order valence-electron chi connectivity index (χ3n) is 1.65. The van der Waals surface area contributed by atoms with Gasteiger partial charge in [0.1, 0.15) is 5.82 Å². The van der Waals surface area contributed by atoms with Gasteiger partial charge in [0.15, 0.2) is 0 Å². The molecule has 0 spiro atoms. The molecule has 0 atom stereocenters. The van der Waals surface area contributed by atoms with E-state index in [9.17, 15) is 4.39 Å². The molecule has 0 aliphatic rings. The number of aliphatic hydroxyl groups is 2. The Morgan fingerprint density at radius 3 is 2.62 bits per heavy atom. The molecule has 0 aliphatic heterocycles. The van der Waals surface area contributed by atoms with Crippen molar-refractivity contribution in [3.8, 4) is 0 Å². The molecule has 0 bridgehead atoms. The van der Waals surface area contributed by atoms with Crippen molar-refractivity contribution in [2.45, 2.75) is 6.61 Å². The number of benzene rings is 1. The molecule has 1 rings (SSSR count). The maximum absolute atomic E-state index is 13.1. The van der Waals surface area contributed by atoms with Gasteiger partial charge in [0.25, 0.3) is 0 Å². The van der Waals surface area contributed by atoms with Gasteiger partial charge in [-0.15, -0.1) is 0 Å². The van der Waals surface area contributed by atoms with Crippen molar-refractivity contribution in [1.82, 2.24) is 0 Å². The molecule has 0 fully saturated rings. The molecule has 13 heavy (non-hydrogen) atoms. The molecule has 0 heterocycles. The van der Waals surface area contributed by atoms with Crippen LogP contribution in [0.3, 0.4) is 0 Å². The molecule has 1 aromatic carbocycles. The maximum Gasteiger partial charge on any atom is 0.130 e. The molecule has 1 aromatic rings. The lowest BCUT2D eigenvalue weighted by Crippen LogP contribution is -1.88. The van der Waals surface area contributed by atoms with Gasteiger partial charge in [0.05, 0.1) is 13.2 Å². The highest BCUT2D eigenvalue weighted by Gasteiger charge is 1.99. The zero-order chi connectivity index (χ0) is 9.68. The van der Waals surface area contributed by atoms with Crippen LogP contribution in [-0.2, 0) is 6.61 Å². The number of hydrogen-bond acceptors (Lipinski definition) is 2. The Balaban J connectivity index is 2.91. The summed E-state index contributed by atoms with van der Waals surface area (Å²) in [6.45, 7) is -0.276. The summed E-state index contributed by atoms with van der Waals surface area (Å²) in [6.07, 6.45) is 2.95. The average molecular weight is 182 g/mol. The Kier molecular flexibility index (Phi) is 3.61. The van der Waals surface area contributed by atoms with Crippen molar-refractivity contribution < 1.29 is 14.6 Å². The Morgan fingerprint density at radius 1 is 1.31 bits per heavy atom. The van der Waals surface area contributed by atoms with Crippen molar-refractivity contribution in [2.75, 3.05) is 6.61 Å². The lowest BCUT2D eigenvalue weighted by Gasteiger charge is -1.99. The van der Waals surface area contributed by atoms with Crippen LogP contribution in [0.5, 0.6) is 0 Å². The van der Waals surface area contributed by atoms with E-state index in [1.807, 2.05) is 0 Å². The van der Waals surface area contributed by atoms with Gasteiger partial charge in [-0.2, -0.15) is 0 Å². The van der Waals surface area contributed by atoms with E-state index in [1.165, 1.54) is 18.2 Å². The van der Waals surface area contributed by atoms with Gasteiger partial charge in [-0.25, -0.2) is 4.39 Å². The average Bonchev–Trinajstić information content (AvgIpc) is 2.16. The summed E-state index contributed by atoms with van der Waals surface area (Å²) in [6, 6.07) is 4.48. The Bertz CT molecular complexity index is 308. The number of aliphatic hydroxyl groups excluding tert-OH is 2. The molecule has 0 radical (unpaired) electrons. The standard InChI is InChI=1S/C10H11FO2/c11-10-6-8(7-13)3-4-9(10)2-1-5-12/h1-4,6,12-13H,5,7H2. The summed E-state index contributed by atoms with van der Waals surface area (Å²) >= 11 is 0. The third-order valence-corrected chi connectivity index (χ3v) is 1.65. The van der Waals surface area contributed by atoms with E-state index in [1.54, 1.807) is 12.1 Å². The highest BCUT2D eigenvalue weighted by Crippen LogP contribution is 2.11. The first-order valence-electron chi connectivity index (χ1n) is 3.94. The van der Waals surface area contributed by atoms with Gasteiger partial charge >= 0.3 is 0 Å². The molecule has 2 N–H and O–H groups in total. The van der Waals surface area contributed by atoms with Gasteiger partial charge in [-0.3, -0.25) is 0 Å². The van der Waals surface area contributed by atoms with Crippen LogP contribution in [0.2, 0.25) is 0 Å². The van der Waals surface area contributed by atoms with Gasteiger partial charge in [0, 0.05) is 5.56 Å². The number of hydrogen-bond donors (Lipinski definition) is 2. The van der Waals surface area contributed by atoms with Crippen LogP contribution in [0, 0.1) is 5.82 Å². The summed E-state index contributed by atoms with van der Waals surface area (Å²) in [5.74, 6) is -0.392. The second kappa shape index (κ2) is 4.74. The van der Waals surface area contributed by atoms with E-state index in [0.717, 1.165) is 0 Å². The van der Waals surface area contributed by atoms with E-state index < -0.39 is 5.82 Å². The van der Waals surface area contributed by atoms with Gasteiger partial charge in [-0.1, -0.05) is 24.3 Å².